The van der Waals surface area contributed by atoms with E-state index in [4.69, 9.17) is 4.98 Å². The summed E-state index contributed by atoms with van der Waals surface area (Å²) in [5.74, 6) is 0. The molecule has 0 atom stereocenters. The summed E-state index contributed by atoms with van der Waals surface area (Å²) >= 11 is 0. The number of nitrogens with zero attached hydrogens (tertiary/aromatic N) is 1. The van der Waals surface area contributed by atoms with E-state index in [0.29, 0.717) is 0 Å². The minimum absolute atomic E-state index is 0. The SMILES string of the molecule is Cc1c[c-]c(-c2ccc3c(ccc4ccccc43)n2)cc1.[Ir]. The molecule has 109 valence electrons. The third-order valence-electron chi connectivity index (χ3n) is 3.84. The third kappa shape index (κ3) is 2.56. The van der Waals surface area contributed by atoms with E-state index in [1.54, 1.807) is 0 Å². The summed E-state index contributed by atoms with van der Waals surface area (Å²) in [7, 11) is 0. The Kier molecular flexibility index (Phi) is 4.06. The van der Waals surface area contributed by atoms with Crippen molar-refractivity contribution in [3.05, 3.63) is 78.4 Å². The Balaban J connectivity index is 0.00000144. The minimum Gasteiger partial charge on any atom is -0.296 e. The van der Waals surface area contributed by atoms with E-state index in [1.165, 1.54) is 21.7 Å². The van der Waals surface area contributed by atoms with Crippen molar-refractivity contribution in [2.24, 2.45) is 0 Å². The van der Waals surface area contributed by atoms with Gasteiger partial charge in [-0.25, -0.2) is 0 Å². The fraction of sp³-hybridized carbons (Fsp3) is 0.0500. The van der Waals surface area contributed by atoms with Crippen LogP contribution in [0.3, 0.4) is 0 Å². The van der Waals surface area contributed by atoms with E-state index < -0.39 is 0 Å². The van der Waals surface area contributed by atoms with Crippen LogP contribution >= 0.6 is 0 Å². The van der Waals surface area contributed by atoms with Gasteiger partial charge in [0.1, 0.15) is 0 Å². The molecule has 22 heavy (non-hydrogen) atoms. The van der Waals surface area contributed by atoms with Crippen molar-refractivity contribution in [3.63, 3.8) is 0 Å². The number of hydrogen-bond acceptors (Lipinski definition) is 1. The number of rotatable bonds is 1. The molecule has 0 saturated heterocycles. The smallest absolute Gasteiger partial charge is 0.0601 e. The zero-order chi connectivity index (χ0) is 14.2. The third-order valence-corrected chi connectivity index (χ3v) is 3.84. The van der Waals surface area contributed by atoms with Gasteiger partial charge in [0.05, 0.1) is 5.52 Å². The van der Waals surface area contributed by atoms with E-state index in [-0.39, 0.29) is 20.1 Å². The first-order valence-corrected chi connectivity index (χ1v) is 7.08. The zero-order valence-electron chi connectivity index (χ0n) is 12.1. The molecule has 0 aliphatic rings. The second kappa shape index (κ2) is 6.00. The number of hydrogen-bond donors (Lipinski definition) is 0. The molecule has 0 aliphatic carbocycles. The molecule has 2 heteroatoms. The van der Waals surface area contributed by atoms with Crippen LogP contribution in [0.1, 0.15) is 5.56 Å². The van der Waals surface area contributed by atoms with Crippen molar-refractivity contribution < 1.29 is 20.1 Å². The summed E-state index contributed by atoms with van der Waals surface area (Å²) < 4.78 is 0. The second-order valence-electron chi connectivity index (χ2n) is 5.33. The number of aryl methyl sites for hydroxylation is 1. The Morgan fingerprint density at radius 1 is 0.818 bits per heavy atom. The average Bonchev–Trinajstić information content (AvgIpc) is 2.55. The Labute approximate surface area is 143 Å². The summed E-state index contributed by atoms with van der Waals surface area (Å²) in [6.45, 7) is 2.07. The molecule has 0 saturated carbocycles. The topological polar surface area (TPSA) is 12.9 Å². The van der Waals surface area contributed by atoms with E-state index in [9.17, 15) is 0 Å². The Hall–Kier alpha value is -2.02. The molecule has 4 aromatic rings. The normalized spacial score (nSPS) is 10.6. The van der Waals surface area contributed by atoms with Gasteiger partial charge in [0.15, 0.2) is 0 Å². The molecule has 1 radical (unpaired) electrons. The van der Waals surface area contributed by atoms with Crippen molar-refractivity contribution in [2.75, 3.05) is 0 Å². The van der Waals surface area contributed by atoms with Crippen LogP contribution in [-0.4, -0.2) is 4.98 Å². The van der Waals surface area contributed by atoms with Crippen LogP contribution in [-0.2, 0) is 20.1 Å². The fourth-order valence-corrected chi connectivity index (χ4v) is 2.70. The standard InChI is InChI=1S/C20H14N.Ir/c1-14-6-8-16(9-7-14)19-13-11-18-17-5-3-2-4-15(17)10-12-20(18)21-19;/h2-8,10-13H,1H3;/q-1;. The summed E-state index contributed by atoms with van der Waals surface area (Å²) in [6, 6.07) is 26.4. The maximum atomic E-state index is 4.79. The summed E-state index contributed by atoms with van der Waals surface area (Å²) in [4.78, 5) is 4.79. The Morgan fingerprint density at radius 3 is 2.50 bits per heavy atom. The summed E-state index contributed by atoms with van der Waals surface area (Å²) in [5, 5.41) is 3.70. The molecule has 0 amide bonds. The van der Waals surface area contributed by atoms with Gasteiger partial charge in [0.25, 0.3) is 0 Å². The summed E-state index contributed by atoms with van der Waals surface area (Å²) in [6.07, 6.45) is 0. The van der Waals surface area contributed by atoms with Crippen LogP contribution in [0.4, 0.5) is 0 Å². The fourth-order valence-electron chi connectivity index (χ4n) is 2.70. The van der Waals surface area contributed by atoms with Crippen LogP contribution < -0.4 is 0 Å². The van der Waals surface area contributed by atoms with Gasteiger partial charge < -0.3 is 0 Å². The molecular weight excluding hydrogens is 446 g/mol. The molecule has 1 heterocycles. The zero-order valence-corrected chi connectivity index (χ0v) is 14.5. The van der Waals surface area contributed by atoms with Gasteiger partial charge in [-0.1, -0.05) is 49.4 Å². The van der Waals surface area contributed by atoms with Crippen LogP contribution in [0.5, 0.6) is 0 Å². The maximum Gasteiger partial charge on any atom is 0.0601 e. The van der Waals surface area contributed by atoms with Crippen molar-refractivity contribution >= 4 is 21.7 Å². The van der Waals surface area contributed by atoms with Gasteiger partial charge in [-0.15, -0.1) is 35.4 Å². The molecule has 0 bridgehead atoms. The predicted molar refractivity (Wildman–Crippen MR) is 88.3 cm³/mol. The Morgan fingerprint density at radius 2 is 1.68 bits per heavy atom. The van der Waals surface area contributed by atoms with Gasteiger partial charge in [0.2, 0.25) is 0 Å². The first kappa shape index (κ1) is 14.9. The van der Waals surface area contributed by atoms with Crippen molar-refractivity contribution in [3.8, 4) is 11.3 Å². The van der Waals surface area contributed by atoms with Crippen molar-refractivity contribution in [1.29, 1.82) is 0 Å². The van der Waals surface area contributed by atoms with Crippen LogP contribution in [0.2, 0.25) is 0 Å². The van der Waals surface area contributed by atoms with Crippen molar-refractivity contribution in [1.82, 2.24) is 4.98 Å². The molecule has 0 unspecified atom stereocenters. The molecule has 0 spiro atoms. The van der Waals surface area contributed by atoms with Crippen molar-refractivity contribution in [2.45, 2.75) is 6.92 Å². The molecule has 0 N–H and O–H groups in total. The number of aromatic nitrogens is 1. The quantitative estimate of drug-likeness (QED) is 0.282. The first-order chi connectivity index (χ1) is 10.3. The molecule has 4 rings (SSSR count). The van der Waals surface area contributed by atoms with Crippen LogP contribution in [0.15, 0.2) is 66.7 Å². The molecular formula is C20H14IrN-. The monoisotopic (exact) mass is 461 g/mol. The largest absolute Gasteiger partial charge is 0.296 e. The van der Waals surface area contributed by atoms with Gasteiger partial charge in [-0.05, 0) is 22.5 Å². The van der Waals surface area contributed by atoms with E-state index in [1.807, 2.05) is 6.07 Å². The number of fused-ring (bicyclic) bond motifs is 3. The molecule has 1 nitrogen and oxygen atoms in total. The second-order valence-corrected chi connectivity index (χ2v) is 5.33. The number of benzene rings is 3. The van der Waals surface area contributed by atoms with E-state index in [0.717, 1.165) is 16.8 Å². The average molecular weight is 461 g/mol. The first-order valence-electron chi connectivity index (χ1n) is 7.08. The Bertz CT molecular complexity index is 943. The predicted octanol–water partition coefficient (Wildman–Crippen LogP) is 5.16. The molecule has 0 fully saturated rings. The molecule has 3 aromatic carbocycles. The summed E-state index contributed by atoms with van der Waals surface area (Å²) in [5.41, 5.74) is 4.25. The molecule has 0 aliphatic heterocycles. The molecule has 1 aromatic heterocycles. The van der Waals surface area contributed by atoms with Gasteiger partial charge in [0, 0.05) is 25.5 Å². The van der Waals surface area contributed by atoms with E-state index >= 15 is 0 Å². The van der Waals surface area contributed by atoms with E-state index in [2.05, 4.69) is 73.7 Å². The number of pyridine rings is 1. The van der Waals surface area contributed by atoms with Gasteiger partial charge >= 0.3 is 0 Å². The van der Waals surface area contributed by atoms with Crippen LogP contribution in [0.25, 0.3) is 32.9 Å². The van der Waals surface area contributed by atoms with Gasteiger partial charge in [-0.2, -0.15) is 0 Å². The van der Waals surface area contributed by atoms with Gasteiger partial charge in [-0.3, -0.25) is 4.98 Å². The minimum atomic E-state index is 0. The maximum absolute atomic E-state index is 4.79. The van der Waals surface area contributed by atoms with Crippen LogP contribution in [0, 0.1) is 13.0 Å².